The van der Waals surface area contributed by atoms with Crippen molar-refractivity contribution >= 4 is 5.91 Å². The Hall–Kier alpha value is -0.530. The molecule has 0 heterocycles. The van der Waals surface area contributed by atoms with Crippen LogP contribution in [0.25, 0.3) is 0 Å². The summed E-state index contributed by atoms with van der Waals surface area (Å²) in [7, 11) is 1.61. The Morgan fingerprint density at radius 2 is 1.58 bits per heavy atom. The topological polar surface area (TPSA) is 31.2 Å². The Balaban J connectivity index is 2.34. The van der Waals surface area contributed by atoms with Gasteiger partial charge < -0.3 is 0 Å². The minimum absolute atomic E-state index is 0.122. The molecule has 1 amide bonds. The van der Waals surface area contributed by atoms with Gasteiger partial charge in [0.2, 0.25) is 5.91 Å². The summed E-state index contributed by atoms with van der Waals surface area (Å²) >= 11 is 0. The highest BCUT2D eigenvalue weighted by molar-refractivity contribution is 5.77. The Morgan fingerprint density at radius 3 is 2.08 bits per heavy atom. The molecule has 1 aliphatic carbocycles. The van der Waals surface area contributed by atoms with E-state index < -0.39 is 0 Å². The maximum absolute atomic E-state index is 11.3. The van der Waals surface area contributed by atoms with Crippen molar-refractivity contribution < 1.29 is 4.79 Å². The van der Waals surface area contributed by atoms with Gasteiger partial charge in [0.1, 0.15) is 0 Å². The van der Waals surface area contributed by atoms with Crippen molar-refractivity contribution in [3.63, 3.8) is 0 Å². The van der Waals surface area contributed by atoms with E-state index in [1.807, 2.05) is 0 Å². The third kappa shape index (κ3) is 2.84. The molecule has 69 valence electrons. The van der Waals surface area contributed by atoms with Gasteiger partial charge in [-0.15, -0.1) is 0 Å². The van der Waals surface area contributed by atoms with Crippen molar-refractivity contribution in [2.75, 3.05) is 7.05 Å². The summed E-state index contributed by atoms with van der Waals surface area (Å²) in [6.07, 6.45) is 8.51. The maximum Gasteiger partial charge on any atom is 0.243 e. The first kappa shape index (κ1) is 9.56. The fourth-order valence-electron chi connectivity index (χ4n) is 1.89. The number of amides is 1. The first-order valence-corrected chi connectivity index (χ1v) is 4.98. The summed E-state index contributed by atoms with van der Waals surface area (Å²) in [4.78, 5) is 11.3. The second kappa shape index (κ2) is 5.18. The molecule has 2 nitrogen and oxygen atoms in total. The molecule has 0 aromatic carbocycles. The molecule has 12 heavy (non-hydrogen) atoms. The smallest absolute Gasteiger partial charge is 0.243 e. The first-order valence-electron chi connectivity index (χ1n) is 4.98. The lowest BCUT2D eigenvalue weighted by Gasteiger charge is -2.16. The summed E-state index contributed by atoms with van der Waals surface area (Å²) in [6.45, 7) is 0. The van der Waals surface area contributed by atoms with E-state index in [-0.39, 0.29) is 11.8 Å². The predicted molar refractivity (Wildman–Crippen MR) is 48.9 cm³/mol. The van der Waals surface area contributed by atoms with Crippen molar-refractivity contribution in [1.29, 1.82) is 0 Å². The lowest BCUT2D eigenvalue weighted by atomic mass is 9.91. The third-order valence-corrected chi connectivity index (χ3v) is 2.67. The van der Waals surface area contributed by atoms with Crippen LogP contribution < -0.4 is 5.32 Å². The quantitative estimate of drug-likeness (QED) is 0.590. The standard InChI is InChI=1S/C10H18NO/c1-11-10(12)9-7-5-3-2-4-6-8-9/h9H,2-8H2,1H3. The van der Waals surface area contributed by atoms with E-state index in [9.17, 15) is 4.79 Å². The van der Waals surface area contributed by atoms with Gasteiger partial charge in [-0.1, -0.05) is 32.1 Å². The molecule has 0 unspecified atom stereocenters. The van der Waals surface area contributed by atoms with Crippen LogP contribution in [0, 0.1) is 5.92 Å². The molecule has 0 aromatic rings. The number of carbonyl (C=O) groups excluding carboxylic acids is 1. The average Bonchev–Trinajstić information content (AvgIpc) is 2.02. The van der Waals surface area contributed by atoms with Crippen molar-refractivity contribution in [2.24, 2.45) is 5.92 Å². The molecule has 0 bridgehead atoms. The van der Waals surface area contributed by atoms with Crippen molar-refractivity contribution in [3.05, 3.63) is 0 Å². The number of rotatable bonds is 1. The van der Waals surface area contributed by atoms with Gasteiger partial charge in [-0.3, -0.25) is 10.1 Å². The van der Waals surface area contributed by atoms with Gasteiger partial charge in [0.15, 0.2) is 0 Å². The fraction of sp³-hybridized carbons (Fsp3) is 0.900. The van der Waals surface area contributed by atoms with Gasteiger partial charge in [0, 0.05) is 13.0 Å². The number of hydrogen-bond acceptors (Lipinski definition) is 1. The van der Waals surface area contributed by atoms with Crippen LogP contribution in [-0.4, -0.2) is 13.0 Å². The number of carbonyl (C=O) groups is 1. The molecule has 2 heteroatoms. The van der Waals surface area contributed by atoms with Crippen molar-refractivity contribution in [2.45, 2.75) is 44.9 Å². The van der Waals surface area contributed by atoms with E-state index in [2.05, 4.69) is 5.32 Å². The third-order valence-electron chi connectivity index (χ3n) is 2.67. The van der Waals surface area contributed by atoms with Crippen LogP contribution in [0.2, 0.25) is 0 Å². The van der Waals surface area contributed by atoms with E-state index in [4.69, 9.17) is 0 Å². The van der Waals surface area contributed by atoms with Gasteiger partial charge in [-0.2, -0.15) is 0 Å². The van der Waals surface area contributed by atoms with E-state index in [1.165, 1.54) is 32.1 Å². The fourth-order valence-corrected chi connectivity index (χ4v) is 1.89. The zero-order chi connectivity index (χ0) is 8.81. The Morgan fingerprint density at radius 1 is 1.08 bits per heavy atom. The molecular formula is C10H18NO. The van der Waals surface area contributed by atoms with Crippen LogP contribution in [0.1, 0.15) is 44.9 Å². The second-order valence-corrected chi connectivity index (χ2v) is 3.60. The summed E-state index contributed by atoms with van der Waals surface area (Å²) in [5, 5.41) is 3.75. The Labute approximate surface area is 74.7 Å². The molecule has 1 rings (SSSR count). The van der Waals surface area contributed by atoms with Crippen LogP contribution in [-0.2, 0) is 4.79 Å². The highest BCUT2D eigenvalue weighted by Crippen LogP contribution is 2.22. The minimum atomic E-state index is 0.122. The minimum Gasteiger partial charge on any atom is -0.273 e. The highest BCUT2D eigenvalue weighted by atomic mass is 16.1. The lowest BCUT2D eigenvalue weighted by molar-refractivity contribution is -0.125. The monoisotopic (exact) mass is 168 g/mol. The average molecular weight is 168 g/mol. The molecule has 1 fully saturated rings. The molecule has 0 spiro atoms. The first-order chi connectivity index (χ1) is 5.84. The Bertz CT molecular complexity index is 137. The van der Waals surface area contributed by atoms with Gasteiger partial charge in [0.25, 0.3) is 0 Å². The lowest BCUT2D eigenvalue weighted by Crippen LogP contribution is -2.22. The number of nitrogens with zero attached hydrogens (tertiary/aromatic N) is 1. The Kier molecular flexibility index (Phi) is 4.12. The maximum atomic E-state index is 11.3. The summed E-state index contributed by atoms with van der Waals surface area (Å²) in [5.41, 5.74) is 0. The molecule has 1 aliphatic rings. The zero-order valence-electron chi connectivity index (χ0n) is 7.88. The summed E-state index contributed by atoms with van der Waals surface area (Å²) in [5.74, 6) is 0.368. The van der Waals surface area contributed by atoms with Gasteiger partial charge in [-0.25, -0.2) is 0 Å². The van der Waals surface area contributed by atoms with Gasteiger partial charge in [0.05, 0.1) is 0 Å². The second-order valence-electron chi connectivity index (χ2n) is 3.60. The van der Waals surface area contributed by atoms with Crippen molar-refractivity contribution in [1.82, 2.24) is 5.32 Å². The molecular weight excluding hydrogens is 150 g/mol. The van der Waals surface area contributed by atoms with Crippen LogP contribution >= 0.6 is 0 Å². The molecule has 0 saturated heterocycles. The number of hydrogen-bond donors (Lipinski definition) is 0. The molecule has 1 radical (unpaired) electrons. The zero-order valence-corrected chi connectivity index (χ0v) is 7.88. The highest BCUT2D eigenvalue weighted by Gasteiger charge is 2.18. The summed E-state index contributed by atoms with van der Waals surface area (Å²) in [6, 6.07) is 0. The van der Waals surface area contributed by atoms with Crippen LogP contribution in [0.15, 0.2) is 0 Å². The molecule has 1 saturated carbocycles. The van der Waals surface area contributed by atoms with E-state index in [0.29, 0.717) is 0 Å². The van der Waals surface area contributed by atoms with Crippen LogP contribution in [0.3, 0.4) is 0 Å². The van der Waals surface area contributed by atoms with Crippen molar-refractivity contribution in [3.8, 4) is 0 Å². The molecule has 0 atom stereocenters. The van der Waals surface area contributed by atoms with Gasteiger partial charge in [-0.05, 0) is 12.8 Å². The van der Waals surface area contributed by atoms with Crippen LogP contribution in [0.4, 0.5) is 0 Å². The van der Waals surface area contributed by atoms with E-state index in [0.717, 1.165) is 12.8 Å². The largest absolute Gasteiger partial charge is 0.273 e. The van der Waals surface area contributed by atoms with Crippen LogP contribution in [0.5, 0.6) is 0 Å². The summed E-state index contributed by atoms with van der Waals surface area (Å²) < 4.78 is 0. The molecule has 0 aromatic heterocycles. The normalized spacial score (nSPS) is 21.1. The molecule has 0 aliphatic heterocycles. The molecule has 0 N–H and O–H groups in total. The van der Waals surface area contributed by atoms with E-state index in [1.54, 1.807) is 7.05 Å². The predicted octanol–water partition coefficient (Wildman–Crippen LogP) is 2.11. The van der Waals surface area contributed by atoms with Gasteiger partial charge >= 0.3 is 0 Å². The van der Waals surface area contributed by atoms with E-state index >= 15 is 0 Å². The SMILES string of the molecule is C[N]C(=O)C1CCCCCCC1.